The minimum absolute atomic E-state index is 0.190. The highest BCUT2D eigenvalue weighted by atomic mass is 16.2. The van der Waals surface area contributed by atoms with Gasteiger partial charge in [0, 0.05) is 6.54 Å². The minimum atomic E-state index is -0.520. The van der Waals surface area contributed by atoms with Crippen LogP contribution in [0.3, 0.4) is 0 Å². The van der Waals surface area contributed by atoms with Gasteiger partial charge in [-0.3, -0.25) is 9.59 Å². The Hall–Kier alpha value is -1.32. The van der Waals surface area contributed by atoms with Crippen molar-refractivity contribution in [2.45, 2.75) is 6.42 Å². The lowest BCUT2D eigenvalue weighted by atomic mass is 10.1. The first-order valence-electron chi connectivity index (χ1n) is 3.44. The summed E-state index contributed by atoms with van der Waals surface area (Å²) in [6, 6.07) is 0. The third kappa shape index (κ3) is 1.58. The third-order valence-corrected chi connectivity index (χ3v) is 1.61. The second-order valence-electron chi connectivity index (χ2n) is 2.35. The van der Waals surface area contributed by atoms with Crippen LogP contribution in [0.4, 0.5) is 0 Å². The van der Waals surface area contributed by atoms with E-state index in [-0.39, 0.29) is 11.8 Å². The quantitative estimate of drug-likeness (QED) is 0.521. The van der Waals surface area contributed by atoms with E-state index in [0.29, 0.717) is 13.0 Å². The van der Waals surface area contributed by atoms with Gasteiger partial charge in [0.1, 0.15) is 5.92 Å². The number of rotatable bonds is 2. The molecule has 0 aromatic heterocycles. The minimum Gasteiger partial charge on any atom is -0.355 e. The summed E-state index contributed by atoms with van der Waals surface area (Å²) in [5.74, 6) is -0.979. The maximum absolute atomic E-state index is 11.0. The van der Waals surface area contributed by atoms with Crippen molar-refractivity contribution in [3.05, 3.63) is 12.8 Å². The summed E-state index contributed by atoms with van der Waals surface area (Å²) in [7, 11) is 0. The molecule has 0 aromatic carbocycles. The van der Waals surface area contributed by atoms with Gasteiger partial charge in [0.25, 0.3) is 0 Å². The van der Waals surface area contributed by atoms with E-state index in [4.69, 9.17) is 0 Å². The number of amides is 2. The van der Waals surface area contributed by atoms with Crippen molar-refractivity contribution in [1.29, 1.82) is 0 Å². The Bertz CT molecular complexity index is 201. The van der Waals surface area contributed by atoms with Crippen molar-refractivity contribution in [2.24, 2.45) is 5.92 Å². The molecule has 2 amide bonds. The van der Waals surface area contributed by atoms with Crippen molar-refractivity contribution in [1.82, 2.24) is 10.6 Å². The fraction of sp³-hybridized carbons (Fsp3) is 0.429. The van der Waals surface area contributed by atoms with Crippen molar-refractivity contribution in [3.63, 3.8) is 0 Å². The van der Waals surface area contributed by atoms with E-state index in [1.807, 2.05) is 0 Å². The Balaban J connectivity index is 2.52. The SMILES string of the molecule is C=CNC(=O)C1CCNC1=O. The van der Waals surface area contributed by atoms with Crippen molar-refractivity contribution >= 4 is 11.8 Å². The van der Waals surface area contributed by atoms with Crippen molar-refractivity contribution in [3.8, 4) is 0 Å². The first kappa shape index (κ1) is 7.78. The molecular formula is C7H10N2O2. The van der Waals surface area contributed by atoms with Crippen LogP contribution in [0.15, 0.2) is 12.8 Å². The maximum Gasteiger partial charge on any atom is 0.236 e. The lowest BCUT2D eigenvalue weighted by molar-refractivity contribution is -0.132. The lowest BCUT2D eigenvalue weighted by Gasteiger charge is -2.03. The molecule has 0 saturated carbocycles. The maximum atomic E-state index is 11.0. The van der Waals surface area contributed by atoms with Crippen molar-refractivity contribution in [2.75, 3.05) is 6.54 Å². The largest absolute Gasteiger partial charge is 0.355 e. The highest BCUT2D eigenvalue weighted by molar-refractivity contribution is 6.01. The van der Waals surface area contributed by atoms with Gasteiger partial charge in [-0.2, -0.15) is 0 Å². The molecule has 11 heavy (non-hydrogen) atoms. The molecule has 1 heterocycles. The van der Waals surface area contributed by atoms with Crippen LogP contribution in [0.2, 0.25) is 0 Å². The Morgan fingerprint density at radius 1 is 1.82 bits per heavy atom. The van der Waals surface area contributed by atoms with Gasteiger partial charge < -0.3 is 10.6 Å². The van der Waals surface area contributed by atoms with Gasteiger partial charge in [-0.1, -0.05) is 6.58 Å². The molecule has 0 aliphatic carbocycles. The van der Waals surface area contributed by atoms with Gasteiger partial charge in [-0.15, -0.1) is 0 Å². The zero-order valence-corrected chi connectivity index (χ0v) is 6.09. The van der Waals surface area contributed by atoms with E-state index in [1.54, 1.807) is 0 Å². The van der Waals surface area contributed by atoms with Gasteiger partial charge in [0.2, 0.25) is 11.8 Å². The average molecular weight is 154 g/mol. The van der Waals surface area contributed by atoms with Crippen LogP contribution < -0.4 is 10.6 Å². The molecule has 0 bridgehead atoms. The molecule has 4 nitrogen and oxygen atoms in total. The Labute approximate surface area is 64.7 Å². The van der Waals surface area contributed by atoms with Gasteiger partial charge in [-0.25, -0.2) is 0 Å². The van der Waals surface area contributed by atoms with E-state index >= 15 is 0 Å². The van der Waals surface area contributed by atoms with Crippen LogP contribution in [-0.4, -0.2) is 18.4 Å². The number of carbonyl (C=O) groups is 2. The molecule has 0 aromatic rings. The monoisotopic (exact) mass is 154 g/mol. The first-order valence-corrected chi connectivity index (χ1v) is 3.44. The average Bonchev–Trinajstić information content (AvgIpc) is 2.36. The van der Waals surface area contributed by atoms with Crippen LogP contribution in [0.25, 0.3) is 0 Å². The third-order valence-electron chi connectivity index (χ3n) is 1.61. The van der Waals surface area contributed by atoms with E-state index in [9.17, 15) is 9.59 Å². The van der Waals surface area contributed by atoms with Gasteiger partial charge in [0.05, 0.1) is 0 Å². The highest BCUT2D eigenvalue weighted by Crippen LogP contribution is 2.08. The number of hydrogen-bond acceptors (Lipinski definition) is 2. The van der Waals surface area contributed by atoms with E-state index in [2.05, 4.69) is 17.2 Å². The van der Waals surface area contributed by atoms with E-state index in [1.165, 1.54) is 6.20 Å². The molecule has 1 aliphatic rings. The summed E-state index contributed by atoms with van der Waals surface area (Å²) in [6.07, 6.45) is 1.87. The van der Waals surface area contributed by atoms with Crippen molar-refractivity contribution < 1.29 is 9.59 Å². The molecule has 1 atom stereocenters. The molecule has 1 fully saturated rings. The van der Waals surface area contributed by atoms with Crippen LogP contribution in [0, 0.1) is 5.92 Å². The van der Waals surface area contributed by atoms with Crippen LogP contribution in [-0.2, 0) is 9.59 Å². The smallest absolute Gasteiger partial charge is 0.236 e. The lowest BCUT2D eigenvalue weighted by Crippen LogP contribution is -2.32. The fourth-order valence-electron chi connectivity index (χ4n) is 1.05. The predicted molar refractivity (Wildman–Crippen MR) is 39.5 cm³/mol. The van der Waals surface area contributed by atoms with Crippen LogP contribution in [0.1, 0.15) is 6.42 Å². The second-order valence-corrected chi connectivity index (χ2v) is 2.35. The highest BCUT2D eigenvalue weighted by Gasteiger charge is 2.30. The Morgan fingerprint density at radius 2 is 2.55 bits per heavy atom. The number of carbonyl (C=O) groups excluding carboxylic acids is 2. The van der Waals surface area contributed by atoms with Gasteiger partial charge in [-0.05, 0) is 12.6 Å². The summed E-state index contributed by atoms with van der Waals surface area (Å²) >= 11 is 0. The normalized spacial score (nSPS) is 22.5. The fourth-order valence-corrected chi connectivity index (χ4v) is 1.05. The summed E-state index contributed by atoms with van der Waals surface area (Å²) in [5, 5.41) is 4.96. The number of nitrogens with one attached hydrogen (secondary N) is 2. The summed E-state index contributed by atoms with van der Waals surface area (Å²) in [4.78, 5) is 21.9. The van der Waals surface area contributed by atoms with Crippen LogP contribution >= 0.6 is 0 Å². The summed E-state index contributed by atoms with van der Waals surface area (Å²) < 4.78 is 0. The van der Waals surface area contributed by atoms with E-state index < -0.39 is 5.92 Å². The molecule has 1 unspecified atom stereocenters. The first-order chi connectivity index (χ1) is 5.25. The molecular weight excluding hydrogens is 144 g/mol. The van der Waals surface area contributed by atoms with Gasteiger partial charge >= 0.3 is 0 Å². The second kappa shape index (κ2) is 3.18. The Kier molecular flexibility index (Phi) is 2.25. The van der Waals surface area contributed by atoms with E-state index in [0.717, 1.165) is 0 Å². The molecule has 1 rings (SSSR count). The standard InChI is InChI=1S/C7H10N2O2/c1-2-8-6(10)5-3-4-9-7(5)11/h2,5H,1,3-4H2,(H,8,10)(H,9,11). The molecule has 1 aliphatic heterocycles. The zero-order chi connectivity index (χ0) is 8.27. The molecule has 4 heteroatoms. The zero-order valence-electron chi connectivity index (χ0n) is 6.09. The molecule has 1 saturated heterocycles. The topological polar surface area (TPSA) is 58.2 Å². The summed E-state index contributed by atoms with van der Waals surface area (Å²) in [6.45, 7) is 3.92. The molecule has 0 spiro atoms. The Morgan fingerprint density at radius 3 is 3.00 bits per heavy atom. The summed E-state index contributed by atoms with van der Waals surface area (Å²) in [5.41, 5.74) is 0. The van der Waals surface area contributed by atoms with Gasteiger partial charge in [0.15, 0.2) is 0 Å². The molecule has 60 valence electrons. The predicted octanol–water partition coefficient (Wildman–Crippen LogP) is -0.618. The van der Waals surface area contributed by atoms with Crippen LogP contribution in [0.5, 0.6) is 0 Å². The molecule has 0 radical (unpaired) electrons. The molecule has 2 N–H and O–H groups in total. The number of hydrogen-bond donors (Lipinski definition) is 2.